The molecule has 0 spiro atoms. The first kappa shape index (κ1) is 29.1. The van der Waals surface area contributed by atoms with E-state index in [2.05, 4.69) is 76.0 Å². The van der Waals surface area contributed by atoms with Gasteiger partial charge in [0.2, 0.25) is 11.8 Å². The topological polar surface area (TPSA) is 96.4 Å². The largest absolute Gasteiger partial charge is 0.477 e. The van der Waals surface area contributed by atoms with Crippen LogP contribution in [0, 0.1) is 6.92 Å². The van der Waals surface area contributed by atoms with Gasteiger partial charge in [0.25, 0.3) is 0 Å². The monoisotopic (exact) mass is 600 g/mol. The zero-order valence-corrected chi connectivity index (χ0v) is 26.3. The highest BCUT2D eigenvalue weighted by Gasteiger charge is 2.33. The Hall–Kier alpha value is -3.67. The number of aromatic nitrogens is 6. The van der Waals surface area contributed by atoms with Crippen LogP contribution >= 0.6 is 0 Å². The maximum atomic E-state index is 6.33. The Bertz CT molecular complexity index is 1640. The van der Waals surface area contributed by atoms with Gasteiger partial charge in [0, 0.05) is 50.3 Å². The van der Waals surface area contributed by atoms with Gasteiger partial charge in [-0.3, -0.25) is 4.68 Å². The highest BCUT2D eigenvalue weighted by atomic mass is 16.5. The van der Waals surface area contributed by atoms with E-state index < -0.39 is 0 Å². The first-order chi connectivity index (χ1) is 21.5. The molecule has 2 bridgehead atoms. The molecule has 1 unspecified atom stereocenters. The predicted molar refractivity (Wildman–Crippen MR) is 171 cm³/mol. The quantitative estimate of drug-likeness (QED) is 0.336. The van der Waals surface area contributed by atoms with E-state index in [4.69, 9.17) is 24.4 Å². The zero-order chi connectivity index (χ0) is 30.2. The lowest BCUT2D eigenvalue weighted by Gasteiger charge is -2.37. The number of hydrogen-bond donors (Lipinski definition) is 1. The number of nitrogens with zero attached hydrogens (tertiary/aromatic N) is 7. The molecule has 44 heavy (non-hydrogen) atoms. The molecule has 11 nitrogen and oxygen atoms in total. The maximum absolute atomic E-state index is 6.33. The molecular weight excluding hydrogens is 556 g/mol. The van der Waals surface area contributed by atoms with Gasteiger partial charge in [-0.05, 0) is 83.0 Å². The average Bonchev–Trinajstić information content (AvgIpc) is 3.65. The van der Waals surface area contributed by atoms with E-state index in [0.717, 1.165) is 103 Å². The van der Waals surface area contributed by atoms with E-state index in [-0.39, 0.29) is 6.23 Å². The number of hydrogen-bond acceptors (Lipinski definition) is 8. The minimum absolute atomic E-state index is 0.0663. The third kappa shape index (κ3) is 5.64. The van der Waals surface area contributed by atoms with Gasteiger partial charge >= 0.3 is 0 Å². The first-order valence-electron chi connectivity index (χ1n) is 16.0. The Balaban J connectivity index is 1.25. The molecule has 2 fully saturated rings. The van der Waals surface area contributed by atoms with Crippen LogP contribution in [0.3, 0.4) is 0 Å². The van der Waals surface area contributed by atoms with Crippen LogP contribution in [0.4, 0.5) is 0 Å². The molecule has 3 aromatic heterocycles. The van der Waals surface area contributed by atoms with Crippen molar-refractivity contribution in [2.45, 2.75) is 63.8 Å². The van der Waals surface area contributed by atoms with Crippen molar-refractivity contribution in [3.05, 3.63) is 41.3 Å². The fourth-order valence-corrected chi connectivity index (χ4v) is 6.55. The van der Waals surface area contributed by atoms with Crippen molar-refractivity contribution in [2.75, 3.05) is 47.0 Å². The molecule has 11 heteroatoms. The average molecular weight is 601 g/mol. The minimum Gasteiger partial charge on any atom is -0.477 e. The van der Waals surface area contributed by atoms with Crippen molar-refractivity contribution >= 4 is 23.1 Å². The van der Waals surface area contributed by atoms with Crippen LogP contribution in [0.5, 0.6) is 11.8 Å². The molecule has 1 aromatic carbocycles. The van der Waals surface area contributed by atoms with Crippen molar-refractivity contribution in [3.8, 4) is 22.9 Å². The van der Waals surface area contributed by atoms with Crippen LogP contribution in [0.1, 0.15) is 67.7 Å². The standard InChI is InChI=1S/C33H44N8O3/c1-22-26-10-11-29-27-18-23(9-12-30(27)41(36-29)31-8-5-6-15-42-31)28-21-35-39(4)33(28)44-17-7-16-43-32(26)37-40(22)25-19-24(20-25)34-13-14-38(2)3/h9-12,18,21,24-25,31,34H,5-8,13-17,19-20H2,1-4H3. The van der Waals surface area contributed by atoms with Gasteiger partial charge in [-0.2, -0.15) is 10.2 Å². The van der Waals surface area contributed by atoms with Crippen LogP contribution in [0.15, 0.2) is 24.4 Å². The third-order valence-corrected chi connectivity index (χ3v) is 9.15. The van der Waals surface area contributed by atoms with E-state index in [1.807, 2.05) is 13.2 Å². The molecule has 7 rings (SSSR count). The van der Waals surface area contributed by atoms with Crippen molar-refractivity contribution < 1.29 is 14.2 Å². The van der Waals surface area contributed by atoms with Crippen molar-refractivity contribution in [2.24, 2.45) is 7.05 Å². The SMILES string of the molecule is Cc1c2c(nn1C1CC(NCCN(C)C)C1)OCCCOc1c(cnn1C)-c1ccc3c(c1)c(nn3C1CCCCO1)C=C2. The second kappa shape index (κ2) is 12.4. The maximum Gasteiger partial charge on any atom is 0.240 e. The van der Waals surface area contributed by atoms with Gasteiger partial charge in [-0.25, -0.2) is 9.36 Å². The Kier molecular flexibility index (Phi) is 8.17. The zero-order valence-electron chi connectivity index (χ0n) is 26.3. The van der Waals surface area contributed by atoms with Crippen LogP contribution in [-0.4, -0.2) is 87.3 Å². The van der Waals surface area contributed by atoms with Crippen molar-refractivity contribution in [1.82, 2.24) is 39.6 Å². The summed E-state index contributed by atoms with van der Waals surface area (Å²) in [6.07, 6.45) is 12.1. The molecule has 1 aliphatic carbocycles. The number of benzene rings is 1. The van der Waals surface area contributed by atoms with Crippen LogP contribution in [-0.2, 0) is 11.8 Å². The Morgan fingerprint density at radius 3 is 2.68 bits per heavy atom. The van der Waals surface area contributed by atoms with E-state index in [9.17, 15) is 0 Å². The summed E-state index contributed by atoms with van der Waals surface area (Å²) in [5, 5.41) is 19.4. The Morgan fingerprint density at radius 1 is 1.00 bits per heavy atom. The minimum atomic E-state index is -0.0663. The van der Waals surface area contributed by atoms with Crippen molar-refractivity contribution in [3.63, 3.8) is 0 Å². The van der Waals surface area contributed by atoms with Gasteiger partial charge in [0.15, 0.2) is 6.23 Å². The van der Waals surface area contributed by atoms with Gasteiger partial charge < -0.3 is 24.4 Å². The smallest absolute Gasteiger partial charge is 0.240 e. The summed E-state index contributed by atoms with van der Waals surface area (Å²) < 4.78 is 24.8. The van der Waals surface area contributed by atoms with E-state index in [1.165, 1.54) is 0 Å². The third-order valence-electron chi connectivity index (χ3n) is 9.15. The first-order valence-corrected chi connectivity index (χ1v) is 16.0. The molecule has 5 heterocycles. The number of fused-ring (bicyclic) bond motifs is 4. The summed E-state index contributed by atoms with van der Waals surface area (Å²) in [7, 11) is 6.14. The van der Waals surface area contributed by atoms with Gasteiger partial charge in [-0.1, -0.05) is 6.07 Å². The highest BCUT2D eigenvalue weighted by molar-refractivity contribution is 5.93. The van der Waals surface area contributed by atoms with E-state index >= 15 is 0 Å². The predicted octanol–water partition coefficient (Wildman–Crippen LogP) is 4.83. The molecule has 0 amide bonds. The lowest BCUT2D eigenvalue weighted by atomic mass is 9.86. The second-order valence-corrected chi connectivity index (χ2v) is 12.6. The number of nitrogens with one attached hydrogen (secondary N) is 1. The lowest BCUT2D eigenvalue weighted by molar-refractivity contribution is -0.0367. The van der Waals surface area contributed by atoms with E-state index in [0.29, 0.717) is 31.2 Å². The highest BCUT2D eigenvalue weighted by Crippen LogP contribution is 2.38. The molecule has 1 saturated heterocycles. The van der Waals surface area contributed by atoms with Gasteiger partial charge in [0.05, 0.1) is 47.8 Å². The molecule has 4 aromatic rings. The Labute approximate surface area is 258 Å². The summed E-state index contributed by atoms with van der Waals surface area (Å²) in [6.45, 7) is 5.98. The number of ether oxygens (including phenoxy) is 3. The van der Waals surface area contributed by atoms with Crippen LogP contribution < -0.4 is 14.8 Å². The number of rotatable bonds is 6. The lowest BCUT2D eigenvalue weighted by Crippen LogP contribution is -2.44. The summed E-state index contributed by atoms with van der Waals surface area (Å²) in [5.41, 5.74) is 6.09. The van der Waals surface area contributed by atoms with Crippen LogP contribution in [0.2, 0.25) is 0 Å². The summed E-state index contributed by atoms with van der Waals surface area (Å²) in [5.74, 6) is 1.41. The summed E-state index contributed by atoms with van der Waals surface area (Å²) in [4.78, 5) is 2.21. The molecular formula is C33H44N8O3. The molecule has 1 saturated carbocycles. The summed E-state index contributed by atoms with van der Waals surface area (Å²) >= 11 is 0. The normalized spacial score (nSPS) is 22.2. The molecule has 2 aliphatic heterocycles. The molecule has 3 aliphatic rings. The second-order valence-electron chi connectivity index (χ2n) is 12.6. The fraction of sp³-hybridized carbons (Fsp3) is 0.545. The molecule has 1 atom stereocenters. The number of aryl methyl sites for hydroxylation is 1. The molecule has 0 radical (unpaired) electrons. The molecule has 1 N–H and O–H groups in total. The summed E-state index contributed by atoms with van der Waals surface area (Å²) in [6, 6.07) is 7.38. The van der Waals surface area contributed by atoms with Crippen LogP contribution in [0.25, 0.3) is 34.2 Å². The number of likely N-dealkylation sites (N-methyl/N-ethyl adjacent to an activating group) is 1. The van der Waals surface area contributed by atoms with Gasteiger partial charge in [0.1, 0.15) is 0 Å². The van der Waals surface area contributed by atoms with E-state index in [1.54, 1.807) is 4.68 Å². The van der Waals surface area contributed by atoms with Gasteiger partial charge in [-0.15, -0.1) is 5.10 Å². The van der Waals surface area contributed by atoms with Crippen molar-refractivity contribution in [1.29, 1.82) is 0 Å². The molecule has 234 valence electrons. The fourth-order valence-electron chi connectivity index (χ4n) is 6.55. The Morgan fingerprint density at radius 2 is 1.86 bits per heavy atom.